The van der Waals surface area contributed by atoms with Crippen LogP contribution in [0.15, 0.2) is 34.2 Å². The number of hydrazone groups is 1. The minimum atomic E-state index is -0.415. The second-order valence-electron chi connectivity index (χ2n) is 5.09. The molecule has 0 aliphatic rings. The number of nitrogens with zero attached hydrogens (tertiary/aromatic N) is 1. The summed E-state index contributed by atoms with van der Waals surface area (Å²) in [5.74, 6) is -0.709. The van der Waals surface area contributed by atoms with E-state index in [2.05, 4.69) is 25.5 Å². The standard InChI is InChI=1S/C16H18N4O4/c1-10-13(15(22)20-18-10)7-8-14(21)19-17-9-11-3-5-12(6-4-11)16(23)24-2/h3-6,9H,7-8H2,1-2H3,(H,19,21)(H2,18,20,22)/b17-9+. The monoisotopic (exact) mass is 330 g/mol. The number of H-pyrrole nitrogens is 2. The highest BCUT2D eigenvalue weighted by molar-refractivity contribution is 5.90. The fourth-order valence-corrected chi connectivity index (χ4v) is 2.07. The van der Waals surface area contributed by atoms with Gasteiger partial charge in [-0.1, -0.05) is 12.1 Å². The molecule has 0 aliphatic carbocycles. The summed E-state index contributed by atoms with van der Waals surface area (Å²) < 4.78 is 4.61. The predicted molar refractivity (Wildman–Crippen MR) is 88.0 cm³/mol. The van der Waals surface area contributed by atoms with Gasteiger partial charge < -0.3 is 9.84 Å². The number of nitrogens with one attached hydrogen (secondary N) is 3. The fraction of sp³-hybridized carbons (Fsp3) is 0.250. The maximum atomic E-state index is 11.7. The Morgan fingerprint density at radius 3 is 2.54 bits per heavy atom. The van der Waals surface area contributed by atoms with Gasteiger partial charge in [0.2, 0.25) is 5.91 Å². The lowest BCUT2D eigenvalue weighted by atomic mass is 10.1. The second kappa shape index (κ2) is 7.91. The van der Waals surface area contributed by atoms with Crippen molar-refractivity contribution >= 4 is 18.1 Å². The molecule has 2 aromatic rings. The van der Waals surface area contributed by atoms with Crippen LogP contribution in [0.4, 0.5) is 0 Å². The van der Waals surface area contributed by atoms with E-state index < -0.39 is 5.97 Å². The van der Waals surface area contributed by atoms with Crippen LogP contribution in [0.25, 0.3) is 0 Å². The number of aromatic amines is 2. The number of rotatable bonds is 6. The molecule has 1 aromatic carbocycles. The molecule has 1 aromatic heterocycles. The second-order valence-corrected chi connectivity index (χ2v) is 5.09. The van der Waals surface area contributed by atoms with Gasteiger partial charge in [-0.2, -0.15) is 5.10 Å². The minimum Gasteiger partial charge on any atom is -0.465 e. The summed E-state index contributed by atoms with van der Waals surface area (Å²) in [6, 6.07) is 6.58. The Labute approximate surface area is 137 Å². The number of hydrogen-bond acceptors (Lipinski definition) is 5. The topological polar surface area (TPSA) is 116 Å². The Bertz CT molecular complexity index is 802. The first-order chi connectivity index (χ1) is 11.5. The molecule has 0 saturated heterocycles. The SMILES string of the molecule is COC(=O)c1ccc(/C=N/NC(=O)CCc2c(C)[nH][nH]c2=O)cc1. The molecule has 0 bridgehead atoms. The molecule has 1 heterocycles. The highest BCUT2D eigenvalue weighted by Crippen LogP contribution is 2.04. The van der Waals surface area contributed by atoms with E-state index in [9.17, 15) is 14.4 Å². The third-order valence-electron chi connectivity index (χ3n) is 3.43. The van der Waals surface area contributed by atoms with E-state index in [-0.39, 0.29) is 17.9 Å². The van der Waals surface area contributed by atoms with E-state index >= 15 is 0 Å². The third kappa shape index (κ3) is 4.42. The Kier molecular flexibility index (Phi) is 5.67. The summed E-state index contributed by atoms with van der Waals surface area (Å²) >= 11 is 0. The summed E-state index contributed by atoms with van der Waals surface area (Å²) in [5, 5.41) is 9.02. The first-order valence-corrected chi connectivity index (χ1v) is 7.27. The number of esters is 1. The van der Waals surface area contributed by atoms with Gasteiger partial charge in [0, 0.05) is 17.7 Å². The van der Waals surface area contributed by atoms with Crippen LogP contribution < -0.4 is 11.0 Å². The maximum Gasteiger partial charge on any atom is 0.337 e. The van der Waals surface area contributed by atoms with Gasteiger partial charge in [0.15, 0.2) is 0 Å². The minimum absolute atomic E-state index is 0.153. The molecule has 8 heteroatoms. The molecular formula is C16H18N4O4. The Morgan fingerprint density at radius 2 is 1.96 bits per heavy atom. The molecule has 0 aliphatic heterocycles. The van der Waals surface area contributed by atoms with E-state index in [0.717, 1.165) is 11.3 Å². The van der Waals surface area contributed by atoms with Gasteiger partial charge in [0.1, 0.15) is 0 Å². The van der Waals surface area contributed by atoms with Crippen molar-refractivity contribution < 1.29 is 14.3 Å². The van der Waals surface area contributed by atoms with E-state index in [1.165, 1.54) is 13.3 Å². The van der Waals surface area contributed by atoms with Gasteiger partial charge >= 0.3 is 5.97 Å². The zero-order valence-corrected chi connectivity index (χ0v) is 13.4. The quantitative estimate of drug-likeness (QED) is 0.414. The highest BCUT2D eigenvalue weighted by Gasteiger charge is 2.08. The van der Waals surface area contributed by atoms with Crippen LogP contribution in [0, 0.1) is 6.92 Å². The van der Waals surface area contributed by atoms with Crippen LogP contribution in [-0.4, -0.2) is 35.4 Å². The van der Waals surface area contributed by atoms with Crippen molar-refractivity contribution in [2.75, 3.05) is 7.11 Å². The van der Waals surface area contributed by atoms with Crippen LogP contribution in [0.1, 0.15) is 33.6 Å². The zero-order valence-electron chi connectivity index (χ0n) is 13.4. The fourth-order valence-electron chi connectivity index (χ4n) is 2.07. The molecule has 2 rings (SSSR count). The number of aromatic nitrogens is 2. The van der Waals surface area contributed by atoms with E-state index in [0.29, 0.717) is 17.5 Å². The molecule has 0 fully saturated rings. The number of amides is 1. The molecule has 126 valence electrons. The molecule has 0 radical (unpaired) electrons. The molecule has 1 amide bonds. The summed E-state index contributed by atoms with van der Waals surface area (Å²) in [6.07, 6.45) is 1.95. The number of carbonyl (C=O) groups excluding carboxylic acids is 2. The van der Waals surface area contributed by atoms with Crippen LogP contribution in [0.3, 0.4) is 0 Å². The molecule has 3 N–H and O–H groups in total. The van der Waals surface area contributed by atoms with Gasteiger partial charge in [0.05, 0.1) is 18.9 Å². The molecule has 0 unspecified atom stereocenters. The summed E-state index contributed by atoms with van der Waals surface area (Å²) in [5.41, 5.74) is 4.63. The molecule has 0 saturated carbocycles. The number of carbonyl (C=O) groups is 2. The molecule has 0 spiro atoms. The van der Waals surface area contributed by atoms with E-state index in [1.807, 2.05) is 0 Å². The number of ether oxygens (including phenoxy) is 1. The van der Waals surface area contributed by atoms with E-state index in [4.69, 9.17) is 0 Å². The lowest BCUT2D eigenvalue weighted by Gasteiger charge is -2.00. The van der Waals surface area contributed by atoms with Crippen molar-refractivity contribution in [3.63, 3.8) is 0 Å². The zero-order chi connectivity index (χ0) is 17.5. The number of hydrogen-bond donors (Lipinski definition) is 3. The average Bonchev–Trinajstić information content (AvgIpc) is 2.91. The van der Waals surface area contributed by atoms with Gasteiger partial charge in [-0.25, -0.2) is 10.2 Å². The third-order valence-corrected chi connectivity index (χ3v) is 3.43. The Morgan fingerprint density at radius 1 is 1.25 bits per heavy atom. The molecular weight excluding hydrogens is 312 g/mol. The summed E-state index contributed by atoms with van der Waals surface area (Å²) in [6.45, 7) is 1.77. The van der Waals surface area contributed by atoms with Gasteiger partial charge in [-0.05, 0) is 31.0 Å². The van der Waals surface area contributed by atoms with Crippen molar-refractivity contribution in [2.45, 2.75) is 19.8 Å². The lowest BCUT2D eigenvalue weighted by molar-refractivity contribution is -0.121. The van der Waals surface area contributed by atoms with Crippen molar-refractivity contribution in [3.05, 3.63) is 57.0 Å². The van der Waals surface area contributed by atoms with Crippen molar-refractivity contribution in [2.24, 2.45) is 5.10 Å². The van der Waals surface area contributed by atoms with Crippen molar-refractivity contribution in [3.8, 4) is 0 Å². The Balaban J connectivity index is 1.84. The first kappa shape index (κ1) is 17.2. The van der Waals surface area contributed by atoms with Gasteiger partial charge in [-0.15, -0.1) is 0 Å². The largest absolute Gasteiger partial charge is 0.465 e. The lowest BCUT2D eigenvalue weighted by Crippen LogP contribution is -2.19. The normalized spacial score (nSPS) is 10.8. The van der Waals surface area contributed by atoms with Crippen molar-refractivity contribution in [1.29, 1.82) is 0 Å². The maximum absolute atomic E-state index is 11.7. The number of aryl methyl sites for hydroxylation is 1. The van der Waals surface area contributed by atoms with Crippen LogP contribution in [0.5, 0.6) is 0 Å². The van der Waals surface area contributed by atoms with Gasteiger partial charge in [0.25, 0.3) is 5.56 Å². The number of methoxy groups -OCH3 is 1. The first-order valence-electron chi connectivity index (χ1n) is 7.27. The molecule has 8 nitrogen and oxygen atoms in total. The summed E-state index contributed by atoms with van der Waals surface area (Å²) in [4.78, 5) is 34.5. The average molecular weight is 330 g/mol. The molecule has 24 heavy (non-hydrogen) atoms. The van der Waals surface area contributed by atoms with Crippen LogP contribution >= 0.6 is 0 Å². The molecule has 0 atom stereocenters. The van der Waals surface area contributed by atoms with Crippen LogP contribution in [-0.2, 0) is 16.0 Å². The smallest absolute Gasteiger partial charge is 0.337 e. The highest BCUT2D eigenvalue weighted by atomic mass is 16.5. The predicted octanol–water partition coefficient (Wildman–Crippen LogP) is 0.881. The van der Waals surface area contributed by atoms with Crippen LogP contribution in [0.2, 0.25) is 0 Å². The van der Waals surface area contributed by atoms with E-state index in [1.54, 1.807) is 31.2 Å². The van der Waals surface area contributed by atoms with Gasteiger partial charge in [-0.3, -0.25) is 14.7 Å². The van der Waals surface area contributed by atoms with Crippen molar-refractivity contribution in [1.82, 2.24) is 15.6 Å². The Hall–Kier alpha value is -3.16. The number of benzene rings is 1. The summed E-state index contributed by atoms with van der Waals surface area (Å²) in [7, 11) is 1.32.